The van der Waals surface area contributed by atoms with Crippen molar-refractivity contribution >= 4 is 11.9 Å². The Bertz CT molecular complexity index is 797. The van der Waals surface area contributed by atoms with Crippen LogP contribution < -0.4 is 20.1 Å². The summed E-state index contributed by atoms with van der Waals surface area (Å²) in [5.41, 5.74) is 1.11. The second-order valence-electron chi connectivity index (χ2n) is 9.00. The maximum absolute atomic E-state index is 12.1. The van der Waals surface area contributed by atoms with Crippen LogP contribution in [0.3, 0.4) is 0 Å². The predicted octanol–water partition coefficient (Wildman–Crippen LogP) is 1.99. The molecule has 2 N–H and O–H groups in total. The molecule has 0 atom stereocenters. The number of hydrogen-bond donors (Lipinski definition) is 2. The molecule has 0 bridgehead atoms. The molecule has 176 valence electrons. The van der Waals surface area contributed by atoms with E-state index in [1.54, 1.807) is 7.11 Å². The minimum atomic E-state index is 0.151. The lowest BCUT2D eigenvalue weighted by molar-refractivity contribution is -0.122. The molecule has 2 saturated carbocycles. The summed E-state index contributed by atoms with van der Waals surface area (Å²) in [6.07, 6.45) is 7.27. The van der Waals surface area contributed by atoms with E-state index >= 15 is 0 Å². The van der Waals surface area contributed by atoms with E-state index < -0.39 is 0 Å². The molecule has 1 aromatic rings. The number of carbonyl (C=O) groups is 1. The van der Waals surface area contributed by atoms with Crippen molar-refractivity contribution in [2.75, 3.05) is 46.9 Å². The van der Waals surface area contributed by atoms with Gasteiger partial charge in [-0.05, 0) is 50.7 Å². The van der Waals surface area contributed by atoms with E-state index in [4.69, 9.17) is 9.47 Å². The lowest BCUT2D eigenvalue weighted by atomic mass is 10.1. The molecule has 1 aromatic carbocycles. The van der Waals surface area contributed by atoms with Gasteiger partial charge in [-0.1, -0.05) is 0 Å². The number of piperazine rings is 1. The number of carbonyl (C=O) groups excluding carboxylic acids is 1. The SMILES string of the molecule is CN=C(NCc1ccc(OC)cc1OC1CCCC1)N1CCN(CC(=O)NC2CC2)CC1. The second kappa shape index (κ2) is 10.9. The van der Waals surface area contributed by atoms with Crippen LogP contribution in [0.5, 0.6) is 11.5 Å². The van der Waals surface area contributed by atoms with Crippen LogP contribution in [0.4, 0.5) is 0 Å². The van der Waals surface area contributed by atoms with E-state index in [0.717, 1.165) is 74.9 Å². The van der Waals surface area contributed by atoms with Crippen molar-refractivity contribution in [3.8, 4) is 11.5 Å². The van der Waals surface area contributed by atoms with E-state index in [2.05, 4.69) is 31.5 Å². The first-order valence-corrected chi connectivity index (χ1v) is 12.0. The third-order valence-corrected chi connectivity index (χ3v) is 6.50. The standard InChI is InChI=1S/C24H37N5O3/c1-25-24(29-13-11-28(12-14-29)17-23(30)27-19-8-9-19)26-16-18-7-10-21(31-2)15-22(18)32-20-5-3-4-6-20/h7,10,15,19-20H,3-6,8-9,11-14,16-17H2,1-2H3,(H,25,26)(H,27,30). The molecule has 2 aliphatic carbocycles. The molecule has 0 radical (unpaired) electrons. The number of ether oxygens (including phenoxy) is 2. The van der Waals surface area contributed by atoms with Crippen molar-refractivity contribution < 1.29 is 14.3 Å². The molecule has 0 aromatic heterocycles. The quantitative estimate of drug-likeness (QED) is 0.473. The summed E-state index contributed by atoms with van der Waals surface area (Å²) in [6.45, 7) is 4.55. The first-order valence-electron chi connectivity index (χ1n) is 12.0. The second-order valence-corrected chi connectivity index (χ2v) is 9.00. The summed E-state index contributed by atoms with van der Waals surface area (Å²) < 4.78 is 11.7. The topological polar surface area (TPSA) is 78.4 Å². The molecular formula is C24H37N5O3. The van der Waals surface area contributed by atoms with E-state index in [9.17, 15) is 4.79 Å². The van der Waals surface area contributed by atoms with Gasteiger partial charge in [-0.15, -0.1) is 0 Å². The van der Waals surface area contributed by atoms with Crippen LogP contribution in [0.1, 0.15) is 44.1 Å². The zero-order valence-electron chi connectivity index (χ0n) is 19.4. The van der Waals surface area contributed by atoms with Crippen molar-refractivity contribution in [3.63, 3.8) is 0 Å². The van der Waals surface area contributed by atoms with E-state index in [-0.39, 0.29) is 5.91 Å². The molecular weight excluding hydrogens is 406 g/mol. The highest BCUT2D eigenvalue weighted by molar-refractivity contribution is 5.80. The minimum Gasteiger partial charge on any atom is -0.497 e. The molecule has 1 saturated heterocycles. The molecule has 1 amide bonds. The van der Waals surface area contributed by atoms with Crippen LogP contribution in [0.15, 0.2) is 23.2 Å². The highest BCUT2D eigenvalue weighted by Crippen LogP contribution is 2.30. The van der Waals surface area contributed by atoms with Gasteiger partial charge in [0.25, 0.3) is 0 Å². The Morgan fingerprint density at radius 2 is 1.88 bits per heavy atom. The maximum atomic E-state index is 12.1. The fourth-order valence-electron chi connectivity index (χ4n) is 4.43. The van der Waals surface area contributed by atoms with E-state index in [1.807, 2.05) is 19.2 Å². The van der Waals surface area contributed by atoms with Gasteiger partial charge in [0.15, 0.2) is 5.96 Å². The zero-order chi connectivity index (χ0) is 22.3. The van der Waals surface area contributed by atoms with Crippen molar-refractivity contribution in [2.24, 2.45) is 4.99 Å². The van der Waals surface area contributed by atoms with Crippen LogP contribution in [0.2, 0.25) is 0 Å². The van der Waals surface area contributed by atoms with Gasteiger partial charge in [-0.25, -0.2) is 0 Å². The summed E-state index contributed by atoms with van der Waals surface area (Å²) in [6, 6.07) is 6.46. The third kappa shape index (κ3) is 6.28. The summed E-state index contributed by atoms with van der Waals surface area (Å²) >= 11 is 0. The fourth-order valence-corrected chi connectivity index (χ4v) is 4.43. The van der Waals surface area contributed by atoms with Gasteiger partial charge >= 0.3 is 0 Å². The summed E-state index contributed by atoms with van der Waals surface area (Å²) in [4.78, 5) is 21.0. The van der Waals surface area contributed by atoms with Gasteiger partial charge in [0.05, 0.1) is 19.8 Å². The maximum Gasteiger partial charge on any atom is 0.234 e. The van der Waals surface area contributed by atoms with Crippen LogP contribution >= 0.6 is 0 Å². The van der Waals surface area contributed by atoms with Gasteiger partial charge in [0.1, 0.15) is 11.5 Å². The van der Waals surface area contributed by atoms with Gasteiger partial charge in [0.2, 0.25) is 5.91 Å². The molecule has 32 heavy (non-hydrogen) atoms. The lowest BCUT2D eigenvalue weighted by Gasteiger charge is -2.36. The Labute approximate surface area is 191 Å². The molecule has 8 heteroatoms. The normalized spacial score (nSPS) is 20.3. The molecule has 8 nitrogen and oxygen atoms in total. The van der Waals surface area contributed by atoms with Gasteiger partial charge in [0, 0.05) is 57.4 Å². The van der Waals surface area contributed by atoms with Crippen molar-refractivity contribution in [2.45, 2.75) is 57.2 Å². The number of methoxy groups -OCH3 is 1. The largest absolute Gasteiger partial charge is 0.497 e. The number of benzene rings is 1. The number of rotatable bonds is 8. The average Bonchev–Trinajstić information content (AvgIpc) is 3.47. The predicted molar refractivity (Wildman–Crippen MR) is 125 cm³/mol. The molecule has 1 aliphatic heterocycles. The van der Waals surface area contributed by atoms with E-state index in [1.165, 1.54) is 12.8 Å². The monoisotopic (exact) mass is 443 g/mol. The number of nitrogens with zero attached hydrogens (tertiary/aromatic N) is 3. The Kier molecular flexibility index (Phi) is 7.73. The summed E-state index contributed by atoms with van der Waals surface area (Å²) in [5, 5.41) is 6.58. The Morgan fingerprint density at radius 3 is 2.53 bits per heavy atom. The molecule has 0 unspecified atom stereocenters. The number of hydrogen-bond acceptors (Lipinski definition) is 5. The van der Waals surface area contributed by atoms with E-state index in [0.29, 0.717) is 25.2 Å². The highest BCUT2D eigenvalue weighted by Gasteiger charge is 2.26. The van der Waals surface area contributed by atoms with Crippen molar-refractivity contribution in [1.82, 2.24) is 20.4 Å². The van der Waals surface area contributed by atoms with Crippen LogP contribution in [-0.4, -0.2) is 80.7 Å². The Balaban J connectivity index is 1.29. The molecule has 0 spiro atoms. The fraction of sp³-hybridized carbons (Fsp3) is 0.667. The first kappa shape index (κ1) is 22.7. The van der Waals surface area contributed by atoms with Gasteiger partial charge in [-0.3, -0.25) is 14.7 Å². The number of guanidine groups is 1. The third-order valence-electron chi connectivity index (χ3n) is 6.50. The van der Waals surface area contributed by atoms with Gasteiger partial charge < -0.3 is 25.0 Å². The summed E-state index contributed by atoms with van der Waals surface area (Å²) in [5.74, 6) is 2.74. The van der Waals surface area contributed by atoms with Crippen LogP contribution in [-0.2, 0) is 11.3 Å². The Morgan fingerprint density at radius 1 is 1.12 bits per heavy atom. The number of nitrogens with one attached hydrogen (secondary N) is 2. The zero-order valence-corrected chi connectivity index (χ0v) is 19.4. The number of aliphatic imine (C=N–C) groups is 1. The number of amides is 1. The highest BCUT2D eigenvalue weighted by atomic mass is 16.5. The molecule has 4 rings (SSSR count). The molecule has 3 fully saturated rings. The van der Waals surface area contributed by atoms with Crippen molar-refractivity contribution in [1.29, 1.82) is 0 Å². The minimum absolute atomic E-state index is 0.151. The van der Waals surface area contributed by atoms with Crippen LogP contribution in [0, 0.1) is 0 Å². The summed E-state index contributed by atoms with van der Waals surface area (Å²) in [7, 11) is 3.51. The van der Waals surface area contributed by atoms with Crippen molar-refractivity contribution in [3.05, 3.63) is 23.8 Å². The molecule has 3 aliphatic rings. The first-order chi connectivity index (χ1) is 15.6. The average molecular weight is 444 g/mol. The lowest BCUT2D eigenvalue weighted by Crippen LogP contribution is -2.54. The van der Waals surface area contributed by atoms with Gasteiger partial charge in [-0.2, -0.15) is 0 Å². The smallest absolute Gasteiger partial charge is 0.234 e. The van der Waals surface area contributed by atoms with Crippen LogP contribution in [0.25, 0.3) is 0 Å². The molecule has 1 heterocycles. The Hall–Kier alpha value is -2.48.